The molecule has 0 unspecified atom stereocenters. The van der Waals surface area contributed by atoms with Crippen molar-refractivity contribution in [3.05, 3.63) is 57.6 Å². The summed E-state index contributed by atoms with van der Waals surface area (Å²) in [5, 5.41) is 0. The van der Waals surface area contributed by atoms with E-state index in [2.05, 4.69) is 107 Å². The summed E-state index contributed by atoms with van der Waals surface area (Å²) in [6.45, 7) is 27.5. The van der Waals surface area contributed by atoms with Crippen LogP contribution in [0, 0.1) is 0 Å². The second kappa shape index (κ2) is 12.2. The molecule has 0 aliphatic rings. The molecule has 164 valence electrons. The first-order valence-corrected chi connectivity index (χ1v) is 11.5. The first-order valence-electron chi connectivity index (χ1n) is 11.5. The minimum atomic E-state index is 0. The van der Waals surface area contributed by atoms with Crippen LogP contribution in [0.4, 0.5) is 0 Å². The zero-order chi connectivity index (χ0) is 21.8. The molecule has 2 aromatic rings. The van der Waals surface area contributed by atoms with Gasteiger partial charge < -0.3 is 0 Å². The van der Waals surface area contributed by atoms with Gasteiger partial charge in [0.2, 0.25) is 0 Å². The first-order chi connectivity index (χ1) is 12.9. The maximum absolute atomic E-state index is 2.31. The van der Waals surface area contributed by atoms with Gasteiger partial charge in [0, 0.05) is 0 Å². The predicted octanol–water partition coefficient (Wildman–Crippen LogP) is 9.55. The fourth-order valence-electron chi connectivity index (χ4n) is 4.40. The van der Waals surface area contributed by atoms with Gasteiger partial charge in [-0.15, -0.1) is 0 Å². The van der Waals surface area contributed by atoms with E-state index in [1.54, 1.807) is 33.4 Å². The van der Waals surface area contributed by atoms with Crippen LogP contribution >= 0.6 is 0 Å². The summed E-state index contributed by atoms with van der Waals surface area (Å²) in [7, 11) is 0. The molecule has 0 aromatic heterocycles. The Morgan fingerprint density at radius 2 is 0.759 bits per heavy atom. The molecule has 0 amide bonds. The minimum Gasteiger partial charge on any atom is -0.210 e. The molecule has 0 bridgehead atoms. The van der Waals surface area contributed by atoms with Crippen molar-refractivity contribution in [2.75, 3.05) is 0 Å². The van der Waals surface area contributed by atoms with E-state index in [-0.39, 0.29) is 17.4 Å². The van der Waals surface area contributed by atoms with Crippen LogP contribution in [-0.4, -0.2) is 0 Å². The minimum absolute atomic E-state index is 0. The van der Waals surface area contributed by atoms with Crippen molar-refractivity contribution in [2.45, 2.75) is 119 Å². The van der Waals surface area contributed by atoms with Gasteiger partial charge in [0.1, 0.15) is 0 Å². The zero-order valence-corrected chi connectivity index (χ0v) is 22.5. The van der Waals surface area contributed by atoms with Gasteiger partial charge in [0.25, 0.3) is 0 Å². The molecular formula is C28H46Cr. The average Bonchev–Trinajstić information content (AvgIpc) is 3.20. The molecule has 0 nitrogen and oxygen atoms in total. The summed E-state index contributed by atoms with van der Waals surface area (Å²) < 4.78 is 0. The molecule has 0 saturated heterocycles. The standard InChI is InChI=1S/2C14H23.Cr/c2*1-9(2)12-7-8-13(10(3)4)14(12)11(5)6;/h2*7-11H,1-6H3;/q2*-1;+2. The van der Waals surface area contributed by atoms with Gasteiger partial charge in [-0.1, -0.05) is 107 Å². The third-order valence-corrected chi connectivity index (χ3v) is 5.77. The van der Waals surface area contributed by atoms with Crippen LogP contribution in [0.15, 0.2) is 24.3 Å². The van der Waals surface area contributed by atoms with Crippen molar-refractivity contribution in [3.8, 4) is 0 Å². The van der Waals surface area contributed by atoms with E-state index in [9.17, 15) is 0 Å². The van der Waals surface area contributed by atoms with Crippen LogP contribution < -0.4 is 0 Å². The van der Waals surface area contributed by atoms with Crippen LogP contribution in [-0.2, 0) is 17.4 Å². The van der Waals surface area contributed by atoms with E-state index in [0.717, 1.165) is 0 Å². The molecule has 0 aliphatic heterocycles. The van der Waals surface area contributed by atoms with Crippen molar-refractivity contribution in [1.29, 1.82) is 0 Å². The Hall–Kier alpha value is -0.768. The molecule has 0 spiro atoms. The Kier molecular flexibility index (Phi) is 11.9. The van der Waals surface area contributed by atoms with Crippen molar-refractivity contribution in [3.63, 3.8) is 0 Å². The normalized spacial score (nSPS) is 11.7. The molecule has 2 rings (SSSR count). The van der Waals surface area contributed by atoms with Crippen LogP contribution in [0.3, 0.4) is 0 Å². The van der Waals surface area contributed by atoms with Crippen LogP contribution in [0.1, 0.15) is 152 Å². The topological polar surface area (TPSA) is 0 Å². The van der Waals surface area contributed by atoms with Crippen LogP contribution in [0.2, 0.25) is 0 Å². The Labute approximate surface area is 193 Å². The number of rotatable bonds is 6. The first kappa shape index (κ1) is 28.2. The van der Waals surface area contributed by atoms with Gasteiger partial charge in [-0.05, 0) is 11.8 Å². The SMILES string of the molecule is CC(C)c1cc[c-](C(C)C)c1C(C)C.CC(C)c1cc[c-](C(C)C)c1C(C)C.[Cr+2]. The van der Waals surface area contributed by atoms with E-state index >= 15 is 0 Å². The monoisotopic (exact) mass is 434 g/mol. The Morgan fingerprint density at radius 1 is 0.483 bits per heavy atom. The van der Waals surface area contributed by atoms with Crippen molar-refractivity contribution in [2.24, 2.45) is 0 Å². The van der Waals surface area contributed by atoms with Gasteiger partial charge in [0.05, 0.1) is 0 Å². The molecule has 2 aromatic carbocycles. The van der Waals surface area contributed by atoms with E-state index in [1.165, 1.54) is 0 Å². The molecule has 0 saturated carbocycles. The largest absolute Gasteiger partial charge is 2.00 e. The van der Waals surface area contributed by atoms with Crippen molar-refractivity contribution in [1.82, 2.24) is 0 Å². The average molecular weight is 435 g/mol. The molecular weight excluding hydrogens is 388 g/mol. The smallest absolute Gasteiger partial charge is 0.210 e. The maximum atomic E-state index is 2.31. The fourth-order valence-corrected chi connectivity index (χ4v) is 4.40. The third-order valence-electron chi connectivity index (χ3n) is 5.77. The van der Waals surface area contributed by atoms with Gasteiger partial charge in [-0.2, -0.15) is 45.5 Å². The molecule has 0 aliphatic carbocycles. The molecule has 0 atom stereocenters. The molecule has 0 N–H and O–H groups in total. The third kappa shape index (κ3) is 7.15. The molecule has 29 heavy (non-hydrogen) atoms. The summed E-state index contributed by atoms with van der Waals surface area (Å²) in [5.74, 6) is 3.92. The van der Waals surface area contributed by atoms with Gasteiger partial charge in [0.15, 0.2) is 0 Å². The summed E-state index contributed by atoms with van der Waals surface area (Å²) in [5.41, 5.74) is 9.37. The summed E-state index contributed by atoms with van der Waals surface area (Å²) in [6.07, 6.45) is 0. The van der Waals surface area contributed by atoms with Crippen LogP contribution in [0.5, 0.6) is 0 Å². The van der Waals surface area contributed by atoms with Crippen molar-refractivity contribution >= 4 is 0 Å². The maximum Gasteiger partial charge on any atom is 2.00 e. The molecule has 0 radical (unpaired) electrons. The Morgan fingerprint density at radius 3 is 0.931 bits per heavy atom. The van der Waals surface area contributed by atoms with E-state index < -0.39 is 0 Å². The summed E-state index contributed by atoms with van der Waals surface area (Å²) in [4.78, 5) is 0. The second-order valence-corrected chi connectivity index (χ2v) is 10.2. The van der Waals surface area contributed by atoms with Gasteiger partial charge in [-0.3, -0.25) is 0 Å². The molecule has 0 fully saturated rings. The van der Waals surface area contributed by atoms with E-state index in [4.69, 9.17) is 0 Å². The van der Waals surface area contributed by atoms with E-state index in [0.29, 0.717) is 35.5 Å². The Balaban J connectivity index is 0.000000523. The van der Waals surface area contributed by atoms with Crippen molar-refractivity contribution < 1.29 is 17.4 Å². The summed E-state index contributed by atoms with van der Waals surface area (Å²) >= 11 is 0. The number of hydrogen-bond donors (Lipinski definition) is 0. The quantitative estimate of drug-likeness (QED) is 0.397. The van der Waals surface area contributed by atoms with E-state index in [1.807, 2.05) is 0 Å². The Bertz CT molecular complexity index is 591. The number of hydrogen-bond acceptors (Lipinski definition) is 0. The van der Waals surface area contributed by atoms with Gasteiger partial charge in [-0.25, -0.2) is 12.1 Å². The van der Waals surface area contributed by atoms with Gasteiger partial charge >= 0.3 is 17.4 Å². The zero-order valence-electron chi connectivity index (χ0n) is 21.2. The summed E-state index contributed by atoms with van der Waals surface area (Å²) in [6, 6.07) is 9.26. The second-order valence-electron chi connectivity index (χ2n) is 10.2. The molecule has 1 heteroatoms. The predicted molar refractivity (Wildman–Crippen MR) is 129 cm³/mol. The molecule has 0 heterocycles. The van der Waals surface area contributed by atoms with Crippen LogP contribution in [0.25, 0.3) is 0 Å². The fraction of sp³-hybridized carbons (Fsp3) is 0.643.